The second kappa shape index (κ2) is 10.9. The Labute approximate surface area is 252 Å². The van der Waals surface area contributed by atoms with Crippen molar-refractivity contribution in [1.29, 1.82) is 0 Å². The molecule has 1 aliphatic carbocycles. The van der Waals surface area contributed by atoms with Gasteiger partial charge < -0.3 is 30.5 Å². The molecular weight excluding hydrogens is 573 g/mol. The molecule has 0 radical (unpaired) electrons. The fourth-order valence-corrected chi connectivity index (χ4v) is 6.47. The summed E-state index contributed by atoms with van der Waals surface area (Å²) in [6, 6.07) is 5.03. The van der Waals surface area contributed by atoms with E-state index in [1.54, 1.807) is 6.07 Å². The first kappa shape index (κ1) is 30.0. The minimum atomic E-state index is -1.62. The van der Waals surface area contributed by atoms with Gasteiger partial charge in [0.1, 0.15) is 40.8 Å². The van der Waals surface area contributed by atoms with E-state index in [0.717, 1.165) is 6.07 Å². The van der Waals surface area contributed by atoms with Crippen molar-refractivity contribution in [2.45, 2.75) is 43.0 Å². The van der Waals surface area contributed by atoms with Crippen LogP contribution in [0.15, 0.2) is 24.3 Å². The van der Waals surface area contributed by atoms with Gasteiger partial charge in [0.15, 0.2) is 5.82 Å². The Bertz CT molecular complexity index is 1840. The first-order valence-electron chi connectivity index (χ1n) is 14.2. The Kier molecular flexibility index (Phi) is 7.41. The first-order chi connectivity index (χ1) is 20.9. The Hall–Kier alpha value is -4.02. The molecule has 2 aliphatic rings. The van der Waals surface area contributed by atoms with Crippen LogP contribution >= 0.6 is 0 Å². The summed E-state index contributed by atoms with van der Waals surface area (Å²) < 4.78 is 58.3. The second-order valence-corrected chi connectivity index (χ2v) is 12.1. The standard InChI is InChI=1S/C32H33F3N6O3/c1-6-17-18(33)8-7-16-11-22(36)38-28(23(16)17)29-31(2,42)14-37-13-21(44-29)27-24-25(32(9-10-32)15-41(3)4)19(34)12-20(35)26(24)39-30(40-27)43-5/h1,7-8,11-12,21,29,37,42H,9-10,13-15H2,2-5H3,(H2,36,38). The molecule has 44 heavy (non-hydrogen) atoms. The van der Waals surface area contributed by atoms with Gasteiger partial charge in [0.25, 0.3) is 0 Å². The molecule has 1 aliphatic heterocycles. The van der Waals surface area contributed by atoms with E-state index >= 15 is 8.78 Å². The van der Waals surface area contributed by atoms with Crippen LogP contribution in [0, 0.1) is 29.8 Å². The fraction of sp³-hybridized carbons (Fsp3) is 0.406. The first-order valence-corrected chi connectivity index (χ1v) is 14.2. The topological polar surface area (TPSA) is 119 Å². The van der Waals surface area contributed by atoms with E-state index in [1.807, 2.05) is 19.0 Å². The second-order valence-electron chi connectivity index (χ2n) is 12.1. The van der Waals surface area contributed by atoms with Crippen LogP contribution in [-0.2, 0) is 10.2 Å². The van der Waals surface area contributed by atoms with Crippen molar-refractivity contribution in [2.75, 3.05) is 46.6 Å². The van der Waals surface area contributed by atoms with E-state index in [4.69, 9.17) is 21.6 Å². The van der Waals surface area contributed by atoms with Crippen molar-refractivity contribution < 1.29 is 27.8 Å². The van der Waals surface area contributed by atoms with E-state index < -0.39 is 40.7 Å². The third kappa shape index (κ3) is 4.99. The number of rotatable bonds is 6. The molecule has 4 aromatic rings. The van der Waals surface area contributed by atoms with Gasteiger partial charge in [-0.2, -0.15) is 9.97 Å². The number of anilines is 1. The number of nitrogen functional groups attached to an aromatic ring is 1. The number of likely N-dealkylation sites (N-methyl/N-ethyl adjacent to an activating group) is 1. The van der Waals surface area contributed by atoms with Gasteiger partial charge in [0.05, 0.1) is 24.1 Å². The normalized spacial score (nSPS) is 23.1. The number of nitrogens with two attached hydrogens (primary N) is 1. The molecule has 1 saturated carbocycles. The van der Waals surface area contributed by atoms with Crippen molar-refractivity contribution in [2.24, 2.45) is 0 Å². The highest BCUT2D eigenvalue weighted by molar-refractivity contribution is 5.92. The molecule has 2 aromatic carbocycles. The summed E-state index contributed by atoms with van der Waals surface area (Å²) in [5, 5.41) is 15.9. The molecule has 0 amide bonds. The van der Waals surface area contributed by atoms with Gasteiger partial charge in [-0.1, -0.05) is 12.0 Å². The van der Waals surface area contributed by atoms with Crippen molar-refractivity contribution in [3.8, 4) is 18.4 Å². The predicted molar refractivity (Wildman–Crippen MR) is 160 cm³/mol. The number of methoxy groups -OCH3 is 1. The maximum absolute atomic E-state index is 15.9. The number of hydrogen-bond donors (Lipinski definition) is 3. The number of pyridine rings is 1. The van der Waals surface area contributed by atoms with E-state index in [2.05, 4.69) is 26.2 Å². The SMILES string of the molecule is C#Cc1c(F)ccc2cc(N)nc(C3OC(c4nc(OC)nc5c(F)cc(F)c(C6(CN(C)C)CC6)c45)CNCC3(C)O)c12. The number of β-amino-alcohol motifs (C(OH)–C–C–N with tert-alkyl or cyclic N) is 1. The van der Waals surface area contributed by atoms with Crippen molar-refractivity contribution in [1.82, 2.24) is 25.2 Å². The minimum absolute atomic E-state index is 0.0210. The monoisotopic (exact) mass is 606 g/mol. The summed E-state index contributed by atoms with van der Waals surface area (Å²) >= 11 is 0. The summed E-state index contributed by atoms with van der Waals surface area (Å²) in [5.41, 5.74) is 4.41. The Morgan fingerprint density at radius 3 is 2.52 bits per heavy atom. The van der Waals surface area contributed by atoms with Gasteiger partial charge in [-0.05, 0) is 51.4 Å². The summed E-state index contributed by atoms with van der Waals surface area (Å²) in [6.07, 6.45) is 4.88. The molecule has 230 valence electrons. The lowest BCUT2D eigenvalue weighted by Gasteiger charge is -2.33. The van der Waals surface area contributed by atoms with E-state index in [0.29, 0.717) is 30.3 Å². The van der Waals surface area contributed by atoms with Crippen LogP contribution in [0.1, 0.15) is 54.5 Å². The molecule has 9 nitrogen and oxygen atoms in total. The highest BCUT2D eigenvalue weighted by Crippen LogP contribution is 2.53. The molecule has 3 atom stereocenters. The van der Waals surface area contributed by atoms with Crippen LogP contribution in [0.25, 0.3) is 21.7 Å². The van der Waals surface area contributed by atoms with Gasteiger partial charge in [0.2, 0.25) is 0 Å². The Balaban J connectivity index is 1.60. The highest BCUT2D eigenvalue weighted by atomic mass is 19.1. The lowest BCUT2D eigenvalue weighted by atomic mass is 9.89. The number of benzene rings is 2. The average Bonchev–Trinajstić information content (AvgIpc) is 3.75. The smallest absolute Gasteiger partial charge is 0.317 e. The van der Waals surface area contributed by atoms with E-state index in [1.165, 1.54) is 26.2 Å². The molecule has 0 bridgehead atoms. The largest absolute Gasteiger partial charge is 0.467 e. The summed E-state index contributed by atoms with van der Waals surface area (Å²) in [4.78, 5) is 15.3. The Morgan fingerprint density at radius 1 is 1.11 bits per heavy atom. The number of nitrogens with zero attached hydrogens (tertiary/aromatic N) is 4. The molecule has 0 spiro atoms. The lowest BCUT2D eigenvalue weighted by Crippen LogP contribution is -2.41. The average molecular weight is 607 g/mol. The maximum Gasteiger partial charge on any atom is 0.317 e. The zero-order valence-corrected chi connectivity index (χ0v) is 24.8. The predicted octanol–water partition coefficient (Wildman–Crippen LogP) is 3.91. The third-order valence-corrected chi connectivity index (χ3v) is 8.44. The molecule has 4 N–H and O–H groups in total. The Morgan fingerprint density at radius 2 is 1.86 bits per heavy atom. The number of fused-ring (bicyclic) bond motifs is 2. The summed E-state index contributed by atoms with van der Waals surface area (Å²) in [6.45, 7) is 2.18. The summed E-state index contributed by atoms with van der Waals surface area (Å²) in [5.74, 6) is 0.279. The molecule has 1 saturated heterocycles. The van der Waals surface area contributed by atoms with Gasteiger partial charge in [-0.25, -0.2) is 18.2 Å². The van der Waals surface area contributed by atoms with Crippen LogP contribution in [0.4, 0.5) is 19.0 Å². The molecular formula is C32H33F3N6O3. The van der Waals surface area contributed by atoms with Crippen LogP contribution < -0.4 is 15.8 Å². The quantitative estimate of drug-likeness (QED) is 0.281. The molecule has 6 rings (SSSR count). The number of terminal acetylenes is 1. The highest BCUT2D eigenvalue weighted by Gasteiger charge is 2.49. The third-order valence-electron chi connectivity index (χ3n) is 8.44. The molecule has 2 aromatic heterocycles. The van der Waals surface area contributed by atoms with Gasteiger partial charge in [0, 0.05) is 47.5 Å². The van der Waals surface area contributed by atoms with Gasteiger partial charge in [-0.3, -0.25) is 0 Å². The van der Waals surface area contributed by atoms with Crippen molar-refractivity contribution in [3.05, 3.63) is 64.2 Å². The number of nitrogens with one attached hydrogen (secondary N) is 1. The van der Waals surface area contributed by atoms with Gasteiger partial charge in [-0.15, -0.1) is 6.42 Å². The van der Waals surface area contributed by atoms with E-state index in [9.17, 15) is 9.50 Å². The van der Waals surface area contributed by atoms with Crippen molar-refractivity contribution in [3.63, 3.8) is 0 Å². The van der Waals surface area contributed by atoms with Crippen molar-refractivity contribution >= 4 is 27.5 Å². The molecule has 2 fully saturated rings. The zero-order chi connectivity index (χ0) is 31.6. The number of hydrogen-bond acceptors (Lipinski definition) is 9. The number of aliphatic hydroxyl groups is 1. The van der Waals surface area contributed by atoms with Crippen LogP contribution in [0.5, 0.6) is 6.01 Å². The van der Waals surface area contributed by atoms with Crippen LogP contribution in [-0.4, -0.2) is 71.4 Å². The lowest BCUT2D eigenvalue weighted by molar-refractivity contribution is -0.113. The summed E-state index contributed by atoms with van der Waals surface area (Å²) in [7, 11) is 5.14. The maximum atomic E-state index is 15.9. The molecule has 3 unspecified atom stereocenters. The van der Waals surface area contributed by atoms with Gasteiger partial charge >= 0.3 is 6.01 Å². The molecule has 12 heteroatoms. The number of halogens is 3. The van der Waals surface area contributed by atoms with Crippen LogP contribution in [0.2, 0.25) is 0 Å². The van der Waals surface area contributed by atoms with E-state index in [-0.39, 0.29) is 58.2 Å². The number of aromatic nitrogens is 3. The zero-order valence-electron chi connectivity index (χ0n) is 24.8. The minimum Gasteiger partial charge on any atom is -0.467 e. The fourth-order valence-electron chi connectivity index (χ4n) is 6.47. The number of ether oxygens (including phenoxy) is 2. The van der Waals surface area contributed by atoms with Crippen LogP contribution in [0.3, 0.4) is 0 Å². The molecule has 3 heterocycles.